The number of nitrogens with zero attached hydrogens (tertiary/aromatic N) is 3. The van der Waals surface area contributed by atoms with E-state index in [-0.39, 0.29) is 18.0 Å². The maximum Gasteiger partial charge on any atom is 0.226 e. The van der Waals surface area contributed by atoms with Crippen LogP contribution in [0.2, 0.25) is 0 Å². The Morgan fingerprint density at radius 3 is 2.54 bits per heavy atom. The topological polar surface area (TPSA) is 62.2 Å². The highest BCUT2D eigenvalue weighted by Crippen LogP contribution is 2.42. The smallest absolute Gasteiger partial charge is 0.226 e. The Kier molecular flexibility index (Phi) is 7.60. The van der Waals surface area contributed by atoms with Crippen LogP contribution >= 0.6 is 12.2 Å². The van der Waals surface area contributed by atoms with Crippen molar-refractivity contribution in [2.75, 3.05) is 11.9 Å². The zero-order valence-electron chi connectivity index (χ0n) is 22.0. The Morgan fingerprint density at radius 2 is 1.84 bits per heavy atom. The van der Waals surface area contributed by atoms with Gasteiger partial charge in [0.15, 0.2) is 5.11 Å². The molecule has 0 bridgehead atoms. The van der Waals surface area contributed by atoms with Gasteiger partial charge in [0.1, 0.15) is 0 Å². The lowest BCUT2D eigenvalue weighted by Gasteiger charge is -2.29. The lowest BCUT2D eigenvalue weighted by molar-refractivity contribution is -0.116. The molecule has 3 heterocycles. The molecule has 194 valence electrons. The van der Waals surface area contributed by atoms with E-state index in [0.717, 1.165) is 11.4 Å². The molecule has 1 aliphatic carbocycles. The van der Waals surface area contributed by atoms with Crippen molar-refractivity contribution in [3.8, 4) is 0 Å². The van der Waals surface area contributed by atoms with Gasteiger partial charge < -0.3 is 20.1 Å². The number of hydrogen-bond acceptors (Lipinski definition) is 3. The average Bonchev–Trinajstić information content (AvgIpc) is 3.39. The fourth-order valence-electron chi connectivity index (χ4n) is 6.07. The van der Waals surface area contributed by atoms with Gasteiger partial charge in [-0.1, -0.05) is 43.0 Å². The predicted octanol–water partition coefficient (Wildman–Crippen LogP) is 6.31. The van der Waals surface area contributed by atoms with Crippen molar-refractivity contribution in [2.45, 2.75) is 77.4 Å². The molecular formula is C30H37N5OS. The normalized spacial score (nSPS) is 20.2. The summed E-state index contributed by atoms with van der Waals surface area (Å²) in [5.41, 5.74) is 6.82. The fourth-order valence-corrected chi connectivity index (χ4v) is 6.40. The van der Waals surface area contributed by atoms with Crippen LogP contribution in [0.3, 0.4) is 0 Å². The first-order valence-corrected chi connectivity index (χ1v) is 13.9. The number of pyridine rings is 1. The van der Waals surface area contributed by atoms with Crippen LogP contribution in [0.4, 0.5) is 5.69 Å². The second-order valence-corrected chi connectivity index (χ2v) is 10.9. The van der Waals surface area contributed by atoms with Crippen molar-refractivity contribution in [3.63, 3.8) is 0 Å². The second-order valence-electron chi connectivity index (χ2n) is 10.5. The van der Waals surface area contributed by atoms with Crippen molar-refractivity contribution in [1.82, 2.24) is 19.8 Å². The van der Waals surface area contributed by atoms with E-state index in [1.54, 1.807) is 0 Å². The molecule has 2 atom stereocenters. The Morgan fingerprint density at radius 1 is 1.08 bits per heavy atom. The highest BCUT2D eigenvalue weighted by atomic mass is 32.1. The van der Waals surface area contributed by atoms with Gasteiger partial charge in [0, 0.05) is 42.3 Å². The summed E-state index contributed by atoms with van der Waals surface area (Å²) in [5, 5.41) is 7.24. The minimum atomic E-state index is -0.0748. The molecule has 1 saturated carbocycles. The molecule has 7 heteroatoms. The van der Waals surface area contributed by atoms with Gasteiger partial charge in [0.25, 0.3) is 0 Å². The van der Waals surface area contributed by atoms with Crippen LogP contribution in [0, 0.1) is 20.8 Å². The monoisotopic (exact) mass is 515 g/mol. The summed E-state index contributed by atoms with van der Waals surface area (Å²) in [7, 11) is 0. The standard InChI is InChI=1S/C30H37N5OS/c1-20-12-14-23(15-13-20)32-27(36)16-18-34-29(28(33-30(34)37)26-11-7-8-17-31-26)25-19-21(2)35(22(25)3)24-9-5-4-6-10-24/h7-8,11-15,17,19,24,28-29H,4-6,9-10,16,18H2,1-3H3,(H,32,36)(H,33,37)/t28-,29-/m1/s1. The highest BCUT2D eigenvalue weighted by Gasteiger charge is 2.41. The van der Waals surface area contributed by atoms with Crippen LogP contribution in [-0.2, 0) is 4.79 Å². The summed E-state index contributed by atoms with van der Waals surface area (Å²) in [5.74, 6) is -0.0145. The predicted molar refractivity (Wildman–Crippen MR) is 153 cm³/mol. The van der Waals surface area contributed by atoms with Crippen LogP contribution in [0.15, 0.2) is 54.7 Å². The van der Waals surface area contributed by atoms with E-state index in [9.17, 15) is 4.79 Å². The summed E-state index contributed by atoms with van der Waals surface area (Å²) >= 11 is 5.85. The molecule has 0 spiro atoms. The van der Waals surface area contributed by atoms with E-state index >= 15 is 0 Å². The summed E-state index contributed by atoms with van der Waals surface area (Å²) in [6, 6.07) is 16.7. The third-order valence-electron chi connectivity index (χ3n) is 7.89. The average molecular weight is 516 g/mol. The van der Waals surface area contributed by atoms with Gasteiger partial charge in [0.2, 0.25) is 5.91 Å². The Bertz CT molecular complexity index is 1250. The van der Waals surface area contributed by atoms with E-state index in [1.807, 2.05) is 49.5 Å². The first-order chi connectivity index (χ1) is 17.9. The van der Waals surface area contributed by atoms with E-state index in [4.69, 9.17) is 12.2 Å². The second kappa shape index (κ2) is 11.1. The number of benzene rings is 1. The van der Waals surface area contributed by atoms with E-state index < -0.39 is 0 Å². The molecule has 2 fully saturated rings. The zero-order chi connectivity index (χ0) is 25.9. The van der Waals surface area contributed by atoms with Crippen molar-refractivity contribution in [2.24, 2.45) is 0 Å². The van der Waals surface area contributed by atoms with Crippen LogP contribution < -0.4 is 10.6 Å². The summed E-state index contributed by atoms with van der Waals surface area (Å²) < 4.78 is 2.55. The van der Waals surface area contributed by atoms with Gasteiger partial charge in [0.05, 0.1) is 17.8 Å². The number of nitrogens with one attached hydrogen (secondary N) is 2. The number of hydrogen-bond donors (Lipinski definition) is 2. The first kappa shape index (κ1) is 25.5. The molecule has 5 rings (SSSR count). The molecule has 6 nitrogen and oxygen atoms in total. The Hall–Kier alpha value is -3.19. The third kappa shape index (κ3) is 5.42. The quantitative estimate of drug-likeness (QED) is 0.361. The van der Waals surface area contributed by atoms with Gasteiger partial charge >= 0.3 is 0 Å². The van der Waals surface area contributed by atoms with Gasteiger partial charge in [-0.3, -0.25) is 9.78 Å². The number of rotatable bonds is 7. The van der Waals surface area contributed by atoms with Gasteiger partial charge in [-0.05, 0) is 81.7 Å². The van der Waals surface area contributed by atoms with Crippen LogP contribution in [0.25, 0.3) is 0 Å². The molecule has 1 aromatic carbocycles. The largest absolute Gasteiger partial charge is 0.352 e. The molecule has 37 heavy (non-hydrogen) atoms. The van der Waals surface area contributed by atoms with E-state index in [2.05, 4.69) is 51.1 Å². The number of aromatic nitrogens is 2. The lowest BCUT2D eigenvalue weighted by atomic mass is 9.94. The van der Waals surface area contributed by atoms with Gasteiger partial charge in [-0.2, -0.15) is 0 Å². The minimum absolute atomic E-state index is 0.0145. The van der Waals surface area contributed by atoms with Crippen molar-refractivity contribution in [1.29, 1.82) is 0 Å². The van der Waals surface area contributed by atoms with E-state index in [1.165, 1.54) is 54.6 Å². The molecule has 3 aromatic rings. The molecule has 2 aromatic heterocycles. The number of anilines is 1. The number of carbonyl (C=O) groups excluding carboxylic acids is 1. The van der Waals surface area contributed by atoms with Crippen molar-refractivity contribution >= 4 is 28.9 Å². The maximum absolute atomic E-state index is 12.9. The molecule has 1 aliphatic heterocycles. The molecule has 1 amide bonds. The fraction of sp³-hybridized carbons (Fsp3) is 0.433. The molecule has 0 unspecified atom stereocenters. The minimum Gasteiger partial charge on any atom is -0.352 e. The summed E-state index contributed by atoms with van der Waals surface area (Å²) in [6.07, 6.45) is 8.59. The third-order valence-corrected chi connectivity index (χ3v) is 8.25. The summed E-state index contributed by atoms with van der Waals surface area (Å²) in [4.78, 5) is 19.7. The maximum atomic E-state index is 12.9. The Balaban J connectivity index is 1.42. The molecule has 2 aliphatic rings. The lowest BCUT2D eigenvalue weighted by Crippen LogP contribution is -2.33. The van der Waals surface area contributed by atoms with Crippen molar-refractivity contribution in [3.05, 3.63) is 82.9 Å². The van der Waals surface area contributed by atoms with E-state index in [0.29, 0.717) is 24.1 Å². The molecule has 1 saturated heterocycles. The van der Waals surface area contributed by atoms with Gasteiger partial charge in [-0.25, -0.2) is 0 Å². The van der Waals surface area contributed by atoms with Gasteiger partial charge in [-0.15, -0.1) is 0 Å². The number of aryl methyl sites for hydroxylation is 2. The zero-order valence-corrected chi connectivity index (χ0v) is 22.9. The molecule has 0 radical (unpaired) electrons. The summed E-state index contributed by atoms with van der Waals surface area (Å²) in [6.45, 7) is 7.04. The molecular weight excluding hydrogens is 478 g/mol. The Labute approximate surface area is 225 Å². The highest BCUT2D eigenvalue weighted by molar-refractivity contribution is 7.80. The first-order valence-electron chi connectivity index (χ1n) is 13.5. The molecule has 2 N–H and O–H groups in total. The number of carbonyl (C=O) groups is 1. The number of amides is 1. The van der Waals surface area contributed by atoms with Crippen molar-refractivity contribution < 1.29 is 4.79 Å². The van der Waals surface area contributed by atoms with Crippen LogP contribution in [0.5, 0.6) is 0 Å². The SMILES string of the molecule is Cc1ccc(NC(=O)CCN2C(=S)N[C@H](c3ccccn3)[C@H]2c2cc(C)n(C3CCCCC3)c2C)cc1. The number of thiocarbonyl (C=S) groups is 1. The van der Waals surface area contributed by atoms with Crippen LogP contribution in [0.1, 0.15) is 84.9 Å². The van der Waals surface area contributed by atoms with Crippen LogP contribution in [-0.4, -0.2) is 32.0 Å².